The Bertz CT molecular complexity index is 510. The van der Waals surface area contributed by atoms with E-state index >= 15 is 0 Å². The summed E-state index contributed by atoms with van der Waals surface area (Å²) in [5, 5.41) is 3.25. The first kappa shape index (κ1) is 11.8. The molecule has 3 nitrogen and oxygen atoms in total. The van der Waals surface area contributed by atoms with Crippen molar-refractivity contribution in [1.82, 2.24) is 9.88 Å². The van der Waals surface area contributed by atoms with Gasteiger partial charge in [-0.25, -0.2) is 4.98 Å². The number of hydrogen-bond donors (Lipinski definition) is 1. The molecule has 1 aromatic heterocycles. The van der Waals surface area contributed by atoms with Crippen LogP contribution in [0.5, 0.6) is 0 Å². The SMILES string of the molecule is NCC1c2ccccc2CN1CCc1nccs1. The lowest BCUT2D eigenvalue weighted by molar-refractivity contribution is 0.223. The second-order valence-electron chi connectivity index (χ2n) is 4.60. The van der Waals surface area contributed by atoms with Crippen LogP contribution in [0.3, 0.4) is 0 Å². The monoisotopic (exact) mass is 259 g/mol. The van der Waals surface area contributed by atoms with Gasteiger partial charge in [-0.05, 0) is 11.1 Å². The van der Waals surface area contributed by atoms with Gasteiger partial charge in [0, 0.05) is 43.7 Å². The highest BCUT2D eigenvalue weighted by Gasteiger charge is 2.28. The van der Waals surface area contributed by atoms with Gasteiger partial charge in [-0.1, -0.05) is 24.3 Å². The topological polar surface area (TPSA) is 42.1 Å². The Balaban J connectivity index is 1.71. The van der Waals surface area contributed by atoms with E-state index in [9.17, 15) is 0 Å². The average Bonchev–Trinajstić information content (AvgIpc) is 3.03. The first-order valence-corrected chi connectivity index (χ1v) is 7.16. The van der Waals surface area contributed by atoms with E-state index in [1.807, 2.05) is 11.6 Å². The molecule has 3 rings (SSSR count). The van der Waals surface area contributed by atoms with E-state index in [4.69, 9.17) is 5.73 Å². The molecule has 1 aromatic carbocycles. The first-order chi connectivity index (χ1) is 8.88. The third kappa shape index (κ3) is 2.19. The molecule has 18 heavy (non-hydrogen) atoms. The van der Waals surface area contributed by atoms with Crippen molar-refractivity contribution in [2.45, 2.75) is 19.0 Å². The lowest BCUT2D eigenvalue weighted by atomic mass is 10.1. The van der Waals surface area contributed by atoms with Crippen molar-refractivity contribution in [3.63, 3.8) is 0 Å². The quantitative estimate of drug-likeness (QED) is 0.915. The Morgan fingerprint density at radius 3 is 3.06 bits per heavy atom. The summed E-state index contributed by atoms with van der Waals surface area (Å²) < 4.78 is 0. The number of rotatable bonds is 4. The number of nitrogens with zero attached hydrogens (tertiary/aromatic N) is 2. The maximum absolute atomic E-state index is 5.93. The molecular formula is C14H17N3S. The molecule has 0 saturated carbocycles. The molecule has 1 unspecified atom stereocenters. The lowest BCUT2D eigenvalue weighted by Gasteiger charge is -2.23. The Hall–Kier alpha value is -1.23. The summed E-state index contributed by atoms with van der Waals surface area (Å²) in [6.07, 6.45) is 2.89. The summed E-state index contributed by atoms with van der Waals surface area (Å²) in [4.78, 5) is 6.80. The van der Waals surface area contributed by atoms with Gasteiger partial charge in [0.05, 0.1) is 5.01 Å². The van der Waals surface area contributed by atoms with E-state index in [1.165, 1.54) is 16.1 Å². The van der Waals surface area contributed by atoms with E-state index in [1.54, 1.807) is 11.3 Å². The van der Waals surface area contributed by atoms with Crippen LogP contribution in [0.1, 0.15) is 22.2 Å². The number of nitrogens with two attached hydrogens (primary N) is 1. The Morgan fingerprint density at radius 2 is 2.28 bits per heavy atom. The highest BCUT2D eigenvalue weighted by molar-refractivity contribution is 7.09. The van der Waals surface area contributed by atoms with Crippen molar-refractivity contribution < 1.29 is 0 Å². The Kier molecular flexibility index (Phi) is 3.41. The second kappa shape index (κ2) is 5.18. The lowest BCUT2D eigenvalue weighted by Crippen LogP contribution is -2.29. The standard InChI is InChI=1S/C14H17N3S/c15-9-13-12-4-2-1-3-11(12)10-17(13)7-5-14-16-6-8-18-14/h1-4,6,8,13H,5,7,9-10,15H2. The largest absolute Gasteiger partial charge is 0.329 e. The summed E-state index contributed by atoms with van der Waals surface area (Å²) in [5.41, 5.74) is 8.76. The first-order valence-electron chi connectivity index (χ1n) is 6.29. The van der Waals surface area contributed by atoms with Gasteiger partial charge in [-0.15, -0.1) is 11.3 Å². The van der Waals surface area contributed by atoms with Gasteiger partial charge >= 0.3 is 0 Å². The van der Waals surface area contributed by atoms with E-state index in [0.717, 1.165) is 19.5 Å². The fraction of sp³-hybridized carbons (Fsp3) is 0.357. The molecule has 0 saturated heterocycles. The van der Waals surface area contributed by atoms with Crippen molar-refractivity contribution in [3.05, 3.63) is 52.0 Å². The zero-order chi connectivity index (χ0) is 12.4. The number of thiazole rings is 1. The van der Waals surface area contributed by atoms with Crippen LogP contribution < -0.4 is 5.73 Å². The molecule has 0 radical (unpaired) electrons. The Morgan fingerprint density at radius 1 is 1.39 bits per heavy atom. The zero-order valence-electron chi connectivity index (χ0n) is 10.2. The van der Waals surface area contributed by atoms with Crippen LogP contribution in [0.15, 0.2) is 35.8 Å². The smallest absolute Gasteiger partial charge is 0.0937 e. The summed E-state index contributed by atoms with van der Waals surface area (Å²) in [6, 6.07) is 9.00. The molecule has 0 amide bonds. The maximum Gasteiger partial charge on any atom is 0.0937 e. The molecular weight excluding hydrogens is 242 g/mol. The molecule has 94 valence electrons. The summed E-state index contributed by atoms with van der Waals surface area (Å²) in [5.74, 6) is 0. The van der Waals surface area contributed by atoms with Crippen LogP contribution in [-0.4, -0.2) is 23.0 Å². The minimum absolute atomic E-state index is 0.376. The normalized spacial score (nSPS) is 19.1. The van der Waals surface area contributed by atoms with Crippen LogP contribution in [-0.2, 0) is 13.0 Å². The zero-order valence-corrected chi connectivity index (χ0v) is 11.1. The maximum atomic E-state index is 5.93. The van der Waals surface area contributed by atoms with Crippen molar-refractivity contribution in [2.75, 3.05) is 13.1 Å². The van der Waals surface area contributed by atoms with Crippen LogP contribution in [0, 0.1) is 0 Å². The van der Waals surface area contributed by atoms with Gasteiger partial charge in [0.15, 0.2) is 0 Å². The fourth-order valence-electron chi connectivity index (χ4n) is 2.66. The van der Waals surface area contributed by atoms with E-state index in [-0.39, 0.29) is 0 Å². The number of hydrogen-bond acceptors (Lipinski definition) is 4. The summed E-state index contributed by atoms with van der Waals surface area (Å²) >= 11 is 1.73. The van der Waals surface area contributed by atoms with E-state index in [0.29, 0.717) is 12.6 Å². The molecule has 1 atom stereocenters. The minimum atomic E-state index is 0.376. The molecule has 0 spiro atoms. The van der Waals surface area contributed by atoms with Crippen LogP contribution in [0.25, 0.3) is 0 Å². The van der Waals surface area contributed by atoms with Crippen LogP contribution >= 0.6 is 11.3 Å². The van der Waals surface area contributed by atoms with Gasteiger partial charge < -0.3 is 5.73 Å². The molecule has 1 aliphatic rings. The molecule has 2 aromatic rings. The van der Waals surface area contributed by atoms with Crippen LogP contribution in [0.4, 0.5) is 0 Å². The van der Waals surface area contributed by atoms with Gasteiger partial charge in [-0.2, -0.15) is 0 Å². The molecule has 0 fully saturated rings. The van der Waals surface area contributed by atoms with E-state index in [2.05, 4.69) is 34.1 Å². The number of fused-ring (bicyclic) bond motifs is 1. The summed E-state index contributed by atoms with van der Waals surface area (Å²) in [7, 11) is 0. The molecule has 1 aliphatic heterocycles. The highest BCUT2D eigenvalue weighted by Crippen LogP contribution is 2.32. The second-order valence-corrected chi connectivity index (χ2v) is 5.58. The Labute approximate surface area is 111 Å². The highest BCUT2D eigenvalue weighted by atomic mass is 32.1. The average molecular weight is 259 g/mol. The molecule has 2 heterocycles. The van der Waals surface area contributed by atoms with E-state index < -0.39 is 0 Å². The predicted octanol–water partition coefficient (Wildman–Crippen LogP) is 2.20. The number of aromatic nitrogens is 1. The molecule has 4 heteroatoms. The minimum Gasteiger partial charge on any atom is -0.329 e. The van der Waals surface area contributed by atoms with Crippen molar-refractivity contribution >= 4 is 11.3 Å². The fourth-order valence-corrected chi connectivity index (χ4v) is 3.27. The van der Waals surface area contributed by atoms with Crippen molar-refractivity contribution in [3.8, 4) is 0 Å². The van der Waals surface area contributed by atoms with Crippen molar-refractivity contribution in [1.29, 1.82) is 0 Å². The molecule has 0 bridgehead atoms. The van der Waals surface area contributed by atoms with Gasteiger partial charge in [0.1, 0.15) is 0 Å². The van der Waals surface area contributed by atoms with Gasteiger partial charge in [-0.3, -0.25) is 4.90 Å². The summed E-state index contributed by atoms with van der Waals surface area (Å²) in [6.45, 7) is 2.74. The third-order valence-corrected chi connectivity index (χ3v) is 4.39. The third-order valence-electron chi connectivity index (χ3n) is 3.55. The molecule has 0 aliphatic carbocycles. The number of benzene rings is 1. The predicted molar refractivity (Wildman–Crippen MR) is 74.5 cm³/mol. The van der Waals surface area contributed by atoms with Crippen LogP contribution in [0.2, 0.25) is 0 Å². The van der Waals surface area contributed by atoms with Crippen molar-refractivity contribution in [2.24, 2.45) is 5.73 Å². The molecule has 2 N–H and O–H groups in total. The van der Waals surface area contributed by atoms with Gasteiger partial charge in [0.2, 0.25) is 0 Å². The van der Waals surface area contributed by atoms with Gasteiger partial charge in [0.25, 0.3) is 0 Å².